The van der Waals surface area contributed by atoms with Crippen molar-refractivity contribution in [2.24, 2.45) is 5.92 Å². The molecule has 0 unspecified atom stereocenters. The highest BCUT2D eigenvalue weighted by molar-refractivity contribution is 7.89. The third-order valence-corrected chi connectivity index (χ3v) is 8.62. The number of benzene rings is 2. The topological polar surface area (TPSA) is 86.8 Å². The number of carbonyl (C=O) groups is 2. The molecular formula is C28H38FN3O4S. The lowest BCUT2D eigenvalue weighted by Gasteiger charge is -2.29. The van der Waals surface area contributed by atoms with Crippen LogP contribution in [-0.2, 0) is 32.6 Å². The zero-order chi connectivity index (χ0) is 27.0. The van der Waals surface area contributed by atoms with Gasteiger partial charge in [0.1, 0.15) is 11.9 Å². The average molecular weight is 532 g/mol. The molecule has 7 nitrogen and oxygen atoms in total. The quantitative estimate of drug-likeness (QED) is 0.446. The van der Waals surface area contributed by atoms with Gasteiger partial charge < -0.3 is 10.2 Å². The Morgan fingerprint density at radius 2 is 1.57 bits per heavy atom. The van der Waals surface area contributed by atoms with E-state index >= 15 is 0 Å². The molecule has 1 aliphatic heterocycles. The lowest BCUT2D eigenvalue weighted by atomic mass is 10.1. The third kappa shape index (κ3) is 8.10. The molecule has 202 valence electrons. The van der Waals surface area contributed by atoms with Crippen LogP contribution in [0, 0.1) is 11.7 Å². The molecule has 2 aromatic rings. The van der Waals surface area contributed by atoms with Crippen molar-refractivity contribution in [2.75, 3.05) is 19.6 Å². The van der Waals surface area contributed by atoms with Crippen LogP contribution in [0.1, 0.15) is 57.6 Å². The lowest BCUT2D eigenvalue weighted by molar-refractivity contribution is -0.140. The molecule has 1 atom stereocenters. The Bertz CT molecular complexity index is 1140. The molecule has 0 spiro atoms. The fraction of sp³-hybridized carbons (Fsp3) is 0.500. The van der Waals surface area contributed by atoms with E-state index in [4.69, 9.17) is 0 Å². The molecule has 3 rings (SSSR count). The molecule has 2 amide bonds. The van der Waals surface area contributed by atoms with Crippen LogP contribution in [0.2, 0.25) is 0 Å². The van der Waals surface area contributed by atoms with Crippen molar-refractivity contribution < 1.29 is 22.4 Å². The molecule has 0 bridgehead atoms. The molecule has 0 radical (unpaired) electrons. The predicted octanol–water partition coefficient (Wildman–Crippen LogP) is 4.12. The fourth-order valence-corrected chi connectivity index (χ4v) is 5.82. The standard InChI is InChI=1S/C28H38FN3O4S/c1-21(2)16-17-30-28(34)22(3)32(20-24-6-11-25(29)12-7-24)27(33)15-10-23-8-13-26(14-9-23)37(35,36)31-18-4-5-19-31/h6-9,11-14,21-22H,4-5,10,15-20H2,1-3H3,(H,30,34)/t22-/m1/s1. The first-order chi connectivity index (χ1) is 17.6. The van der Waals surface area contributed by atoms with Gasteiger partial charge in [-0.25, -0.2) is 12.8 Å². The minimum absolute atomic E-state index is 0.156. The van der Waals surface area contributed by atoms with Crippen LogP contribution in [0.4, 0.5) is 4.39 Å². The van der Waals surface area contributed by atoms with Gasteiger partial charge in [0.05, 0.1) is 4.90 Å². The van der Waals surface area contributed by atoms with Crippen LogP contribution in [0.3, 0.4) is 0 Å². The van der Waals surface area contributed by atoms with Gasteiger partial charge in [-0.2, -0.15) is 4.31 Å². The van der Waals surface area contributed by atoms with Gasteiger partial charge in [0.15, 0.2) is 0 Å². The van der Waals surface area contributed by atoms with E-state index in [9.17, 15) is 22.4 Å². The summed E-state index contributed by atoms with van der Waals surface area (Å²) in [5.74, 6) is -0.349. The van der Waals surface area contributed by atoms with Gasteiger partial charge in [0.2, 0.25) is 21.8 Å². The van der Waals surface area contributed by atoms with Crippen LogP contribution in [-0.4, -0.2) is 55.1 Å². The second-order valence-corrected chi connectivity index (χ2v) is 12.0. The van der Waals surface area contributed by atoms with E-state index < -0.39 is 16.1 Å². The third-order valence-electron chi connectivity index (χ3n) is 6.71. The molecule has 2 aromatic carbocycles. The fourth-order valence-electron chi connectivity index (χ4n) is 4.30. The Morgan fingerprint density at radius 1 is 0.973 bits per heavy atom. The van der Waals surface area contributed by atoms with Gasteiger partial charge in [-0.05, 0) is 73.9 Å². The lowest BCUT2D eigenvalue weighted by Crippen LogP contribution is -2.48. The number of sulfonamides is 1. The Labute approximate surface area is 220 Å². The highest BCUT2D eigenvalue weighted by Gasteiger charge is 2.28. The van der Waals surface area contributed by atoms with Gasteiger partial charge in [-0.1, -0.05) is 38.1 Å². The first-order valence-corrected chi connectivity index (χ1v) is 14.4. The van der Waals surface area contributed by atoms with Gasteiger partial charge in [-0.3, -0.25) is 9.59 Å². The normalized spacial score (nSPS) is 15.1. The van der Waals surface area contributed by atoms with E-state index in [2.05, 4.69) is 19.2 Å². The zero-order valence-electron chi connectivity index (χ0n) is 22.0. The van der Waals surface area contributed by atoms with Gasteiger partial charge >= 0.3 is 0 Å². The summed E-state index contributed by atoms with van der Waals surface area (Å²) in [7, 11) is -3.48. The van der Waals surface area contributed by atoms with Gasteiger partial charge in [0.25, 0.3) is 0 Å². The zero-order valence-corrected chi connectivity index (χ0v) is 22.8. The molecule has 0 saturated carbocycles. The number of hydrogen-bond donors (Lipinski definition) is 1. The summed E-state index contributed by atoms with van der Waals surface area (Å²) in [6, 6.07) is 11.9. The SMILES string of the molecule is CC(C)CCNC(=O)[C@@H](C)N(Cc1ccc(F)cc1)C(=O)CCc1ccc(S(=O)(=O)N2CCCC2)cc1. The maximum Gasteiger partial charge on any atom is 0.243 e. The molecule has 0 aliphatic carbocycles. The maximum atomic E-state index is 13.4. The number of aryl methyl sites for hydroxylation is 1. The second-order valence-electron chi connectivity index (χ2n) is 10.1. The number of carbonyl (C=O) groups excluding carboxylic acids is 2. The minimum atomic E-state index is -3.48. The Morgan fingerprint density at radius 3 is 2.16 bits per heavy atom. The summed E-state index contributed by atoms with van der Waals surface area (Å²) in [6.45, 7) is 7.67. The Hall–Kier alpha value is -2.78. The van der Waals surface area contributed by atoms with E-state index in [1.165, 1.54) is 21.3 Å². The van der Waals surface area contributed by atoms with Crippen molar-refractivity contribution in [1.82, 2.24) is 14.5 Å². The maximum absolute atomic E-state index is 13.4. The van der Waals surface area contributed by atoms with Crippen molar-refractivity contribution in [2.45, 2.75) is 70.4 Å². The van der Waals surface area contributed by atoms with E-state index in [1.807, 2.05) is 0 Å². The highest BCUT2D eigenvalue weighted by atomic mass is 32.2. The number of nitrogens with zero attached hydrogens (tertiary/aromatic N) is 2. The van der Waals surface area contributed by atoms with E-state index in [-0.39, 0.29) is 35.5 Å². The Kier molecular flexibility index (Phi) is 10.2. The van der Waals surface area contributed by atoms with Crippen molar-refractivity contribution in [1.29, 1.82) is 0 Å². The first kappa shape index (κ1) is 28.8. The summed E-state index contributed by atoms with van der Waals surface area (Å²) >= 11 is 0. The summed E-state index contributed by atoms with van der Waals surface area (Å²) in [4.78, 5) is 27.9. The second kappa shape index (κ2) is 13.1. The van der Waals surface area contributed by atoms with Crippen molar-refractivity contribution in [3.63, 3.8) is 0 Å². The molecule has 37 heavy (non-hydrogen) atoms. The predicted molar refractivity (Wildman–Crippen MR) is 142 cm³/mol. The highest BCUT2D eigenvalue weighted by Crippen LogP contribution is 2.22. The average Bonchev–Trinajstić information content (AvgIpc) is 3.43. The Balaban J connectivity index is 1.67. The summed E-state index contributed by atoms with van der Waals surface area (Å²) in [5, 5.41) is 2.91. The molecule has 1 aliphatic rings. The molecule has 0 aromatic heterocycles. The molecular weight excluding hydrogens is 493 g/mol. The van der Waals surface area contributed by atoms with E-state index in [0.717, 1.165) is 30.4 Å². The van der Waals surface area contributed by atoms with Crippen LogP contribution in [0.5, 0.6) is 0 Å². The van der Waals surface area contributed by atoms with Gasteiger partial charge in [-0.15, -0.1) is 0 Å². The van der Waals surface area contributed by atoms with Crippen LogP contribution in [0.15, 0.2) is 53.4 Å². The van der Waals surface area contributed by atoms with Crippen molar-refractivity contribution in [3.8, 4) is 0 Å². The molecule has 1 heterocycles. The number of hydrogen-bond acceptors (Lipinski definition) is 4. The molecule has 1 saturated heterocycles. The number of amides is 2. The summed E-state index contributed by atoms with van der Waals surface area (Å²) in [6.07, 6.45) is 3.16. The number of rotatable bonds is 12. The van der Waals surface area contributed by atoms with Crippen LogP contribution < -0.4 is 5.32 Å². The number of nitrogens with one attached hydrogen (secondary N) is 1. The van der Waals surface area contributed by atoms with E-state index in [0.29, 0.717) is 32.0 Å². The summed E-state index contributed by atoms with van der Waals surface area (Å²) < 4.78 is 40.4. The monoisotopic (exact) mass is 531 g/mol. The van der Waals surface area contributed by atoms with Crippen molar-refractivity contribution >= 4 is 21.8 Å². The largest absolute Gasteiger partial charge is 0.354 e. The minimum Gasteiger partial charge on any atom is -0.354 e. The smallest absolute Gasteiger partial charge is 0.243 e. The van der Waals surface area contributed by atoms with Crippen molar-refractivity contribution in [3.05, 3.63) is 65.5 Å². The molecule has 1 fully saturated rings. The van der Waals surface area contributed by atoms with Crippen LogP contribution in [0.25, 0.3) is 0 Å². The summed E-state index contributed by atoms with van der Waals surface area (Å²) in [5.41, 5.74) is 1.57. The van der Waals surface area contributed by atoms with E-state index in [1.54, 1.807) is 43.3 Å². The molecule has 1 N–H and O–H groups in total. The first-order valence-electron chi connectivity index (χ1n) is 13.0. The van der Waals surface area contributed by atoms with Gasteiger partial charge in [0, 0.05) is 32.6 Å². The number of halogens is 1. The van der Waals surface area contributed by atoms with Crippen LogP contribution >= 0.6 is 0 Å². The molecule has 9 heteroatoms.